The minimum absolute atomic E-state index is 0.0174. The van der Waals surface area contributed by atoms with Crippen molar-refractivity contribution in [3.8, 4) is 0 Å². The summed E-state index contributed by atoms with van der Waals surface area (Å²) in [6, 6.07) is 12.0. The number of carbonyl (C=O) groups excluding carboxylic acids is 3. The Labute approximate surface area is 157 Å². The number of nitrogens with two attached hydrogens (primary N) is 1. The summed E-state index contributed by atoms with van der Waals surface area (Å²) in [4.78, 5) is 35.5. The molecule has 2 aromatic rings. The van der Waals surface area contributed by atoms with E-state index in [4.69, 9.17) is 5.73 Å². The van der Waals surface area contributed by atoms with Crippen molar-refractivity contribution in [3.63, 3.8) is 0 Å². The molecule has 3 N–H and O–H groups in total. The Bertz CT molecular complexity index is 821. The van der Waals surface area contributed by atoms with Crippen LogP contribution in [0.15, 0.2) is 42.5 Å². The summed E-state index contributed by atoms with van der Waals surface area (Å²) in [6.07, 6.45) is 0.381. The lowest BCUT2D eigenvalue weighted by Crippen LogP contribution is -2.49. The average molecular weight is 372 g/mol. The van der Waals surface area contributed by atoms with Crippen LogP contribution in [0.3, 0.4) is 0 Å². The normalized spacial score (nSPS) is 12.9. The maximum Gasteiger partial charge on any atom is 0.328 e. The minimum Gasteiger partial charge on any atom is -0.469 e. The fourth-order valence-electron chi connectivity index (χ4n) is 2.75. The van der Waals surface area contributed by atoms with Crippen molar-refractivity contribution >= 4 is 28.6 Å². The van der Waals surface area contributed by atoms with Crippen LogP contribution in [-0.2, 0) is 30.3 Å². The molecule has 0 aromatic heterocycles. The minimum atomic E-state index is -0.954. The third-order valence-electron chi connectivity index (χ3n) is 4.27. The molecule has 7 heteroatoms. The number of hydrogen-bond acceptors (Lipinski definition) is 6. The molecule has 0 unspecified atom stereocenters. The maximum absolute atomic E-state index is 12.4. The zero-order valence-corrected chi connectivity index (χ0v) is 15.4. The number of carbonyl (C=O) groups is 3. The first-order valence-electron chi connectivity index (χ1n) is 8.63. The molecule has 0 fully saturated rings. The number of fused-ring (bicyclic) bond motifs is 1. The van der Waals surface area contributed by atoms with E-state index in [0.29, 0.717) is 6.42 Å². The van der Waals surface area contributed by atoms with Gasteiger partial charge in [-0.1, -0.05) is 42.5 Å². The highest BCUT2D eigenvalue weighted by Gasteiger charge is 2.25. The monoisotopic (exact) mass is 372 g/mol. The lowest BCUT2D eigenvalue weighted by atomic mass is 10.0. The molecule has 2 aromatic carbocycles. The van der Waals surface area contributed by atoms with Crippen LogP contribution in [-0.4, -0.2) is 44.1 Å². The van der Waals surface area contributed by atoms with Crippen LogP contribution in [0.25, 0.3) is 10.8 Å². The summed E-state index contributed by atoms with van der Waals surface area (Å²) < 4.78 is 9.23. The fourth-order valence-corrected chi connectivity index (χ4v) is 2.75. The van der Waals surface area contributed by atoms with Crippen molar-refractivity contribution < 1.29 is 23.9 Å². The van der Waals surface area contributed by atoms with Gasteiger partial charge < -0.3 is 20.5 Å². The standard InChI is InChI=1S/C20H24N2O5/c1-26-18(23)10-9-17(20(25)27-2)22-19(24)16(21)12-13-7-8-14-5-3-4-6-15(14)11-13/h3-8,11,16-17H,9-10,12,21H2,1-2H3,(H,22,24)/t16-,17-/m0/s1. The molecule has 0 spiro atoms. The molecule has 0 aliphatic rings. The first-order valence-corrected chi connectivity index (χ1v) is 8.63. The van der Waals surface area contributed by atoms with Gasteiger partial charge in [-0.2, -0.15) is 0 Å². The van der Waals surface area contributed by atoms with Crippen molar-refractivity contribution in [1.82, 2.24) is 5.32 Å². The predicted octanol–water partition coefficient (Wildman–Crippen LogP) is 1.32. The van der Waals surface area contributed by atoms with Crippen LogP contribution in [0.2, 0.25) is 0 Å². The fraction of sp³-hybridized carbons (Fsp3) is 0.350. The van der Waals surface area contributed by atoms with Crippen LogP contribution < -0.4 is 11.1 Å². The van der Waals surface area contributed by atoms with Crippen molar-refractivity contribution in [2.75, 3.05) is 14.2 Å². The highest BCUT2D eigenvalue weighted by atomic mass is 16.5. The zero-order chi connectivity index (χ0) is 19.8. The molecule has 0 aliphatic heterocycles. The van der Waals surface area contributed by atoms with Crippen LogP contribution >= 0.6 is 0 Å². The number of rotatable bonds is 8. The van der Waals surface area contributed by atoms with Gasteiger partial charge in [0.1, 0.15) is 6.04 Å². The van der Waals surface area contributed by atoms with Crippen LogP contribution in [0.1, 0.15) is 18.4 Å². The first-order chi connectivity index (χ1) is 12.9. The average Bonchev–Trinajstić information content (AvgIpc) is 2.69. The Morgan fingerprint density at radius 2 is 1.74 bits per heavy atom. The zero-order valence-electron chi connectivity index (χ0n) is 15.4. The Morgan fingerprint density at radius 1 is 1.04 bits per heavy atom. The van der Waals surface area contributed by atoms with E-state index < -0.39 is 29.9 Å². The molecule has 0 radical (unpaired) electrons. The SMILES string of the molecule is COC(=O)CC[C@H](NC(=O)[C@@H](N)Cc1ccc2ccccc2c1)C(=O)OC. The predicted molar refractivity (Wildman–Crippen MR) is 101 cm³/mol. The lowest BCUT2D eigenvalue weighted by Gasteiger charge is -2.19. The van der Waals surface area contributed by atoms with E-state index >= 15 is 0 Å². The van der Waals surface area contributed by atoms with E-state index in [9.17, 15) is 14.4 Å². The maximum atomic E-state index is 12.4. The number of methoxy groups -OCH3 is 2. The second-order valence-electron chi connectivity index (χ2n) is 6.19. The molecule has 7 nitrogen and oxygen atoms in total. The number of benzene rings is 2. The van der Waals surface area contributed by atoms with E-state index in [1.807, 2.05) is 42.5 Å². The van der Waals surface area contributed by atoms with Crippen LogP contribution in [0.5, 0.6) is 0 Å². The van der Waals surface area contributed by atoms with Crippen LogP contribution in [0, 0.1) is 0 Å². The van der Waals surface area contributed by atoms with Gasteiger partial charge in [0.2, 0.25) is 5.91 Å². The third kappa shape index (κ3) is 5.79. The second kappa shape index (κ2) is 9.68. The van der Waals surface area contributed by atoms with E-state index in [2.05, 4.69) is 14.8 Å². The van der Waals surface area contributed by atoms with Crippen molar-refractivity contribution in [1.29, 1.82) is 0 Å². The topological polar surface area (TPSA) is 108 Å². The molecule has 27 heavy (non-hydrogen) atoms. The number of hydrogen-bond donors (Lipinski definition) is 2. The molecule has 0 heterocycles. The molecule has 2 rings (SSSR count). The van der Waals surface area contributed by atoms with Gasteiger partial charge in [-0.05, 0) is 29.2 Å². The van der Waals surface area contributed by atoms with E-state index in [-0.39, 0.29) is 12.8 Å². The summed E-state index contributed by atoms with van der Waals surface area (Å²) in [5.41, 5.74) is 6.93. The molecule has 0 aliphatic carbocycles. The summed E-state index contributed by atoms with van der Waals surface area (Å²) in [7, 11) is 2.47. The molecular formula is C20H24N2O5. The highest BCUT2D eigenvalue weighted by Crippen LogP contribution is 2.16. The van der Waals surface area contributed by atoms with Crippen molar-refractivity contribution in [2.45, 2.75) is 31.3 Å². The lowest BCUT2D eigenvalue weighted by molar-refractivity contribution is -0.146. The van der Waals surface area contributed by atoms with Crippen molar-refractivity contribution in [2.24, 2.45) is 5.73 Å². The third-order valence-corrected chi connectivity index (χ3v) is 4.27. The van der Waals surface area contributed by atoms with Gasteiger partial charge in [-0.3, -0.25) is 9.59 Å². The Hall–Kier alpha value is -2.93. The number of amides is 1. The quantitative estimate of drug-likeness (QED) is 0.677. The van der Waals surface area contributed by atoms with Crippen LogP contribution in [0.4, 0.5) is 0 Å². The molecule has 1 amide bonds. The number of ether oxygens (including phenoxy) is 2. The van der Waals surface area contributed by atoms with Gasteiger partial charge in [0, 0.05) is 6.42 Å². The van der Waals surface area contributed by atoms with Gasteiger partial charge in [0.15, 0.2) is 0 Å². The number of esters is 2. The van der Waals surface area contributed by atoms with Gasteiger partial charge in [0.25, 0.3) is 0 Å². The number of nitrogens with one attached hydrogen (secondary N) is 1. The molecule has 2 atom stereocenters. The summed E-state index contributed by atoms with van der Waals surface area (Å²) in [6.45, 7) is 0. The Kier molecular flexibility index (Phi) is 7.31. The van der Waals surface area contributed by atoms with Gasteiger partial charge in [0.05, 0.1) is 20.3 Å². The Balaban J connectivity index is 2.00. The van der Waals surface area contributed by atoms with E-state index in [1.165, 1.54) is 14.2 Å². The molecule has 0 saturated carbocycles. The van der Waals surface area contributed by atoms with Gasteiger partial charge in [-0.25, -0.2) is 4.79 Å². The first kappa shape index (κ1) is 20.4. The van der Waals surface area contributed by atoms with E-state index in [0.717, 1.165) is 16.3 Å². The smallest absolute Gasteiger partial charge is 0.328 e. The van der Waals surface area contributed by atoms with Gasteiger partial charge >= 0.3 is 11.9 Å². The molecule has 0 saturated heterocycles. The molecule has 0 bridgehead atoms. The summed E-state index contributed by atoms with van der Waals surface area (Å²) >= 11 is 0. The summed E-state index contributed by atoms with van der Waals surface area (Å²) in [5.74, 6) is -1.59. The van der Waals surface area contributed by atoms with E-state index in [1.54, 1.807) is 0 Å². The highest BCUT2D eigenvalue weighted by molar-refractivity contribution is 5.88. The Morgan fingerprint density at radius 3 is 2.41 bits per heavy atom. The van der Waals surface area contributed by atoms with Crippen molar-refractivity contribution in [3.05, 3.63) is 48.0 Å². The second-order valence-corrected chi connectivity index (χ2v) is 6.19. The molecule has 144 valence electrons. The summed E-state index contributed by atoms with van der Waals surface area (Å²) in [5, 5.41) is 4.73. The van der Waals surface area contributed by atoms with Gasteiger partial charge in [-0.15, -0.1) is 0 Å². The molecular weight excluding hydrogens is 348 g/mol. The largest absolute Gasteiger partial charge is 0.469 e.